The number of thioether (sulfide) groups is 1. The molecule has 1 fully saturated rings. The number of rotatable bonds is 2. The molecule has 1 aromatic heterocycles. The Kier molecular flexibility index (Phi) is 3.73. The van der Waals surface area contributed by atoms with Gasteiger partial charge in [0.15, 0.2) is 5.58 Å². The first-order valence-corrected chi connectivity index (χ1v) is 8.05. The van der Waals surface area contributed by atoms with Crippen LogP contribution in [0.5, 0.6) is 0 Å². The molecule has 0 bridgehead atoms. The molecule has 1 atom stereocenters. The maximum absolute atomic E-state index is 6.36. The highest BCUT2D eigenvalue weighted by Gasteiger charge is 2.25. The monoisotopic (exact) mass is 311 g/mol. The van der Waals surface area contributed by atoms with E-state index in [0.717, 1.165) is 46.5 Å². The van der Waals surface area contributed by atoms with E-state index in [1.807, 2.05) is 12.1 Å². The Morgan fingerprint density at radius 1 is 1.35 bits per heavy atom. The molecular weight excluding hydrogens is 294 g/mol. The molecule has 0 aliphatic carbocycles. The van der Waals surface area contributed by atoms with Crippen molar-refractivity contribution in [2.45, 2.75) is 42.8 Å². The molecule has 0 N–H and O–H groups in total. The van der Waals surface area contributed by atoms with Crippen LogP contribution in [0.3, 0.4) is 0 Å². The number of ether oxygens (including phenoxy) is 1. The molecule has 20 heavy (non-hydrogen) atoms. The summed E-state index contributed by atoms with van der Waals surface area (Å²) in [6.45, 7) is 7.89. The quantitative estimate of drug-likeness (QED) is 0.808. The van der Waals surface area contributed by atoms with Crippen LogP contribution in [-0.4, -0.2) is 23.4 Å². The lowest BCUT2D eigenvalue weighted by molar-refractivity contribution is 0.199. The second-order valence-electron chi connectivity index (χ2n) is 6.10. The minimum absolute atomic E-state index is 0.107. The molecule has 1 aliphatic heterocycles. The molecular formula is C15H18ClNO2S. The number of benzene rings is 1. The Bertz CT molecular complexity index is 627. The van der Waals surface area contributed by atoms with Crippen molar-refractivity contribution in [3.05, 3.63) is 23.0 Å². The molecule has 1 unspecified atom stereocenters. The largest absolute Gasteiger partial charge is 0.439 e. The Labute approximate surface area is 128 Å². The Hall–Kier alpha value is -0.710. The number of hydrogen-bond donors (Lipinski definition) is 0. The van der Waals surface area contributed by atoms with Gasteiger partial charge in [0.2, 0.25) is 5.89 Å². The van der Waals surface area contributed by atoms with Crippen molar-refractivity contribution >= 4 is 34.5 Å². The maximum atomic E-state index is 6.36. The van der Waals surface area contributed by atoms with E-state index >= 15 is 0 Å². The first-order chi connectivity index (χ1) is 9.45. The Morgan fingerprint density at radius 2 is 2.15 bits per heavy atom. The molecule has 1 aromatic carbocycles. The molecule has 0 radical (unpaired) electrons. The number of hydrogen-bond acceptors (Lipinski definition) is 4. The van der Waals surface area contributed by atoms with Gasteiger partial charge in [0.1, 0.15) is 5.52 Å². The smallest absolute Gasteiger partial charge is 0.200 e. The third kappa shape index (κ3) is 2.69. The van der Waals surface area contributed by atoms with Gasteiger partial charge in [-0.25, -0.2) is 4.98 Å². The predicted octanol–water partition coefficient (Wildman–Crippen LogP) is 4.66. The van der Waals surface area contributed by atoms with E-state index in [-0.39, 0.29) is 5.41 Å². The van der Waals surface area contributed by atoms with E-state index in [1.165, 1.54) is 0 Å². The van der Waals surface area contributed by atoms with Crippen molar-refractivity contribution in [3.8, 4) is 0 Å². The van der Waals surface area contributed by atoms with E-state index in [4.69, 9.17) is 20.8 Å². The summed E-state index contributed by atoms with van der Waals surface area (Å²) in [5.74, 6) is 0.749. The molecule has 0 spiro atoms. The van der Waals surface area contributed by atoms with Crippen molar-refractivity contribution in [3.63, 3.8) is 0 Å². The van der Waals surface area contributed by atoms with E-state index in [9.17, 15) is 0 Å². The van der Waals surface area contributed by atoms with Crippen molar-refractivity contribution in [1.82, 2.24) is 4.98 Å². The van der Waals surface area contributed by atoms with Gasteiger partial charge in [0.25, 0.3) is 0 Å². The van der Waals surface area contributed by atoms with Gasteiger partial charge in [-0.15, -0.1) is 11.8 Å². The van der Waals surface area contributed by atoms with Gasteiger partial charge in [0.05, 0.1) is 16.5 Å². The lowest BCUT2D eigenvalue weighted by atomic mass is 9.97. The SMILES string of the molecule is CC(C)(C)c1nc2ccc(Cl)c(SC3CCOC3)c2o1. The summed E-state index contributed by atoms with van der Waals surface area (Å²) in [4.78, 5) is 5.58. The van der Waals surface area contributed by atoms with Crippen LogP contribution in [-0.2, 0) is 10.2 Å². The first-order valence-electron chi connectivity index (χ1n) is 6.79. The molecule has 108 valence electrons. The molecule has 0 amide bonds. The summed E-state index contributed by atoms with van der Waals surface area (Å²) >= 11 is 8.10. The summed E-state index contributed by atoms with van der Waals surface area (Å²) in [5, 5.41) is 1.17. The zero-order valence-corrected chi connectivity index (χ0v) is 13.5. The highest BCUT2D eigenvalue weighted by molar-refractivity contribution is 8.00. The van der Waals surface area contributed by atoms with Crippen molar-refractivity contribution < 1.29 is 9.15 Å². The Morgan fingerprint density at radius 3 is 2.80 bits per heavy atom. The van der Waals surface area contributed by atoms with Gasteiger partial charge in [-0.1, -0.05) is 32.4 Å². The number of nitrogens with zero attached hydrogens (tertiary/aromatic N) is 1. The van der Waals surface area contributed by atoms with Gasteiger partial charge in [-0.2, -0.15) is 0 Å². The summed E-state index contributed by atoms with van der Waals surface area (Å²) in [6, 6.07) is 3.82. The standard InChI is InChI=1S/C15H18ClNO2S/c1-15(2,3)14-17-11-5-4-10(16)13(12(11)19-14)20-9-6-7-18-8-9/h4-5,9H,6-8H2,1-3H3. The maximum Gasteiger partial charge on any atom is 0.200 e. The van der Waals surface area contributed by atoms with E-state index in [1.54, 1.807) is 11.8 Å². The number of halogens is 1. The molecule has 5 heteroatoms. The molecule has 3 nitrogen and oxygen atoms in total. The van der Waals surface area contributed by atoms with Crippen molar-refractivity contribution in [1.29, 1.82) is 0 Å². The predicted molar refractivity (Wildman–Crippen MR) is 82.8 cm³/mol. The molecule has 0 saturated carbocycles. The summed E-state index contributed by atoms with van der Waals surface area (Å²) in [5.41, 5.74) is 1.57. The van der Waals surface area contributed by atoms with Crippen molar-refractivity contribution in [2.75, 3.05) is 13.2 Å². The molecule has 1 saturated heterocycles. The summed E-state index contributed by atoms with van der Waals surface area (Å²) in [7, 11) is 0. The minimum Gasteiger partial charge on any atom is -0.439 e. The highest BCUT2D eigenvalue weighted by Crippen LogP contribution is 2.40. The zero-order chi connectivity index (χ0) is 14.3. The van der Waals surface area contributed by atoms with E-state index < -0.39 is 0 Å². The fourth-order valence-corrected chi connectivity index (χ4v) is 3.57. The van der Waals surface area contributed by atoms with Crippen LogP contribution in [0.2, 0.25) is 5.02 Å². The Balaban J connectivity index is 2.04. The van der Waals surface area contributed by atoms with Gasteiger partial charge >= 0.3 is 0 Å². The average molecular weight is 312 g/mol. The second-order valence-corrected chi connectivity index (χ2v) is 7.82. The van der Waals surface area contributed by atoms with E-state index in [2.05, 4.69) is 25.8 Å². The van der Waals surface area contributed by atoms with Gasteiger partial charge in [0, 0.05) is 17.3 Å². The van der Waals surface area contributed by atoms with Crippen LogP contribution >= 0.6 is 23.4 Å². The summed E-state index contributed by atoms with van der Waals surface area (Å²) in [6.07, 6.45) is 1.05. The van der Waals surface area contributed by atoms with Crippen LogP contribution in [0.25, 0.3) is 11.1 Å². The van der Waals surface area contributed by atoms with Crippen LogP contribution < -0.4 is 0 Å². The first kappa shape index (κ1) is 14.2. The van der Waals surface area contributed by atoms with Crippen LogP contribution in [0.15, 0.2) is 21.4 Å². The van der Waals surface area contributed by atoms with Gasteiger partial charge in [-0.05, 0) is 18.6 Å². The molecule has 1 aliphatic rings. The number of oxazole rings is 1. The third-order valence-electron chi connectivity index (χ3n) is 3.28. The van der Waals surface area contributed by atoms with E-state index in [0.29, 0.717) is 5.25 Å². The lowest BCUT2D eigenvalue weighted by Crippen LogP contribution is -2.10. The van der Waals surface area contributed by atoms with Crippen LogP contribution in [0, 0.1) is 0 Å². The lowest BCUT2D eigenvalue weighted by Gasteiger charge is -2.12. The van der Waals surface area contributed by atoms with Crippen LogP contribution in [0.1, 0.15) is 33.1 Å². The normalized spacial score (nSPS) is 19.9. The highest BCUT2D eigenvalue weighted by atomic mass is 35.5. The fraction of sp³-hybridized carbons (Fsp3) is 0.533. The van der Waals surface area contributed by atoms with Crippen molar-refractivity contribution in [2.24, 2.45) is 0 Å². The summed E-state index contributed by atoms with van der Waals surface area (Å²) < 4.78 is 11.4. The van der Waals surface area contributed by atoms with Gasteiger partial charge in [-0.3, -0.25) is 0 Å². The molecule has 2 aromatic rings. The van der Waals surface area contributed by atoms with Gasteiger partial charge < -0.3 is 9.15 Å². The second kappa shape index (κ2) is 5.24. The molecule has 3 rings (SSSR count). The van der Waals surface area contributed by atoms with Crippen LogP contribution in [0.4, 0.5) is 0 Å². The zero-order valence-electron chi connectivity index (χ0n) is 11.9. The third-order valence-corrected chi connectivity index (χ3v) is 5.05. The fourth-order valence-electron chi connectivity index (χ4n) is 2.15. The number of aromatic nitrogens is 1. The number of fused-ring (bicyclic) bond motifs is 1. The molecule has 2 heterocycles. The topological polar surface area (TPSA) is 35.3 Å². The average Bonchev–Trinajstić information content (AvgIpc) is 3.00. The minimum atomic E-state index is -0.107.